The molecule has 0 fully saturated rings. The van der Waals surface area contributed by atoms with E-state index in [2.05, 4.69) is 39.2 Å². The van der Waals surface area contributed by atoms with Crippen molar-refractivity contribution in [3.05, 3.63) is 42.7 Å². The van der Waals surface area contributed by atoms with Crippen molar-refractivity contribution in [2.75, 3.05) is 11.1 Å². The van der Waals surface area contributed by atoms with Crippen LogP contribution in [0.1, 0.15) is 6.42 Å². The Morgan fingerprint density at radius 2 is 2.12 bits per heavy atom. The summed E-state index contributed by atoms with van der Waals surface area (Å²) < 4.78 is 1.91. The third kappa shape index (κ3) is 2.89. The van der Waals surface area contributed by atoms with Crippen LogP contribution in [0.15, 0.2) is 47.6 Å². The predicted molar refractivity (Wildman–Crippen MR) is 72.7 cm³/mol. The minimum atomic E-state index is 1.06. The van der Waals surface area contributed by atoms with Gasteiger partial charge in [-0.2, -0.15) is 5.10 Å². The second-order valence-corrected chi connectivity index (χ2v) is 5.24. The molecule has 0 unspecified atom stereocenters. The second kappa shape index (κ2) is 6.11. The van der Waals surface area contributed by atoms with Crippen molar-refractivity contribution in [1.82, 2.24) is 9.78 Å². The topological polar surface area (TPSA) is 17.8 Å². The molecule has 0 saturated carbocycles. The molecule has 0 saturated heterocycles. The molecule has 1 aromatic carbocycles. The summed E-state index contributed by atoms with van der Waals surface area (Å²) in [5.74, 6) is 1.13. The van der Waals surface area contributed by atoms with Crippen molar-refractivity contribution in [1.29, 1.82) is 0 Å². The fraction of sp³-hybridized carbons (Fsp3) is 0.250. The van der Waals surface area contributed by atoms with Crippen molar-refractivity contribution >= 4 is 27.7 Å². The van der Waals surface area contributed by atoms with E-state index in [1.165, 1.54) is 11.3 Å². The number of rotatable bonds is 5. The van der Waals surface area contributed by atoms with Gasteiger partial charge >= 0.3 is 0 Å². The van der Waals surface area contributed by atoms with Gasteiger partial charge in [-0.25, -0.2) is 4.68 Å². The monoisotopic (exact) mass is 296 g/mol. The van der Waals surface area contributed by atoms with Gasteiger partial charge in [0.2, 0.25) is 0 Å². The first-order chi connectivity index (χ1) is 7.92. The summed E-state index contributed by atoms with van der Waals surface area (Å²) in [6.45, 7) is 0. The first-order valence-corrected chi connectivity index (χ1v) is 7.30. The lowest BCUT2D eigenvalue weighted by Crippen LogP contribution is -1.96. The lowest BCUT2D eigenvalue weighted by atomic mass is 10.3. The lowest BCUT2D eigenvalue weighted by Gasteiger charge is -2.08. The number of alkyl halides is 1. The maximum absolute atomic E-state index is 4.27. The summed E-state index contributed by atoms with van der Waals surface area (Å²) in [7, 11) is 0. The van der Waals surface area contributed by atoms with Gasteiger partial charge in [0.25, 0.3) is 0 Å². The van der Waals surface area contributed by atoms with Gasteiger partial charge in [-0.15, -0.1) is 11.8 Å². The molecule has 0 bridgehead atoms. The molecule has 0 spiro atoms. The highest BCUT2D eigenvalue weighted by atomic mass is 79.9. The molecule has 2 aromatic rings. The predicted octanol–water partition coefficient (Wildman–Crippen LogP) is 3.75. The zero-order chi connectivity index (χ0) is 11.2. The van der Waals surface area contributed by atoms with Crippen molar-refractivity contribution in [2.24, 2.45) is 0 Å². The fourth-order valence-electron chi connectivity index (χ4n) is 1.42. The van der Waals surface area contributed by atoms with Gasteiger partial charge < -0.3 is 0 Å². The first-order valence-electron chi connectivity index (χ1n) is 5.19. The zero-order valence-corrected chi connectivity index (χ0v) is 11.2. The van der Waals surface area contributed by atoms with Gasteiger partial charge in [0.1, 0.15) is 0 Å². The number of nitrogens with zero attached hydrogens (tertiary/aromatic N) is 2. The van der Waals surface area contributed by atoms with Crippen LogP contribution < -0.4 is 0 Å². The van der Waals surface area contributed by atoms with Gasteiger partial charge in [-0.05, 0) is 30.4 Å². The Kier molecular flexibility index (Phi) is 4.48. The van der Waals surface area contributed by atoms with Crippen LogP contribution in [0.25, 0.3) is 5.69 Å². The second-order valence-electron chi connectivity index (χ2n) is 3.31. The Labute approximate surface area is 108 Å². The molecule has 2 rings (SSSR count). The maximum Gasteiger partial charge on any atom is 0.0781 e. The summed E-state index contributed by atoms with van der Waals surface area (Å²) >= 11 is 5.33. The average molecular weight is 297 g/mol. The summed E-state index contributed by atoms with van der Waals surface area (Å²) in [6.07, 6.45) is 4.96. The van der Waals surface area contributed by atoms with Crippen LogP contribution in [0.3, 0.4) is 0 Å². The number of hydrogen-bond donors (Lipinski definition) is 0. The van der Waals surface area contributed by atoms with E-state index in [1.54, 1.807) is 6.20 Å². The molecule has 2 nitrogen and oxygen atoms in total. The smallest absolute Gasteiger partial charge is 0.0781 e. The molecule has 0 amide bonds. The van der Waals surface area contributed by atoms with E-state index in [1.807, 2.05) is 34.8 Å². The van der Waals surface area contributed by atoms with Crippen molar-refractivity contribution < 1.29 is 0 Å². The number of thioether (sulfide) groups is 1. The molecule has 0 atom stereocenters. The number of aromatic nitrogens is 2. The molecule has 1 aromatic heterocycles. The summed E-state index contributed by atoms with van der Waals surface area (Å²) in [4.78, 5) is 1.28. The molecule has 0 radical (unpaired) electrons. The molecular weight excluding hydrogens is 284 g/mol. The van der Waals surface area contributed by atoms with E-state index in [0.717, 1.165) is 16.8 Å². The molecular formula is C12H13BrN2S. The van der Waals surface area contributed by atoms with Crippen molar-refractivity contribution in [3.63, 3.8) is 0 Å². The Morgan fingerprint density at radius 1 is 1.25 bits per heavy atom. The van der Waals surface area contributed by atoms with Crippen molar-refractivity contribution in [2.45, 2.75) is 11.3 Å². The molecule has 0 aliphatic carbocycles. The number of para-hydroxylation sites is 1. The van der Waals surface area contributed by atoms with Gasteiger partial charge in [-0.3, -0.25) is 0 Å². The molecule has 0 N–H and O–H groups in total. The van der Waals surface area contributed by atoms with Crippen LogP contribution >= 0.6 is 27.7 Å². The standard InChI is InChI=1S/C12H13BrN2S/c13-7-3-10-16-12-6-2-1-5-11(12)15-9-4-8-14-15/h1-2,4-6,8-9H,3,7,10H2. The normalized spacial score (nSPS) is 10.6. The van der Waals surface area contributed by atoms with Crippen LogP contribution in [-0.4, -0.2) is 20.9 Å². The third-order valence-electron chi connectivity index (χ3n) is 2.15. The number of halogens is 1. The summed E-state index contributed by atoms with van der Waals surface area (Å²) in [5.41, 5.74) is 1.16. The Hall–Kier alpha value is -0.740. The molecule has 84 valence electrons. The van der Waals surface area contributed by atoms with Gasteiger partial charge in [0.15, 0.2) is 0 Å². The zero-order valence-electron chi connectivity index (χ0n) is 8.84. The molecule has 4 heteroatoms. The highest BCUT2D eigenvalue weighted by Gasteiger charge is 2.03. The lowest BCUT2D eigenvalue weighted by molar-refractivity contribution is 0.862. The molecule has 16 heavy (non-hydrogen) atoms. The highest BCUT2D eigenvalue weighted by Crippen LogP contribution is 2.25. The quantitative estimate of drug-likeness (QED) is 0.475. The number of hydrogen-bond acceptors (Lipinski definition) is 2. The van der Waals surface area contributed by atoms with E-state index < -0.39 is 0 Å². The van der Waals surface area contributed by atoms with Crippen LogP contribution in [0.5, 0.6) is 0 Å². The van der Waals surface area contributed by atoms with Crippen LogP contribution in [0.2, 0.25) is 0 Å². The van der Waals surface area contributed by atoms with Gasteiger partial charge in [-0.1, -0.05) is 28.1 Å². The van der Waals surface area contributed by atoms with E-state index >= 15 is 0 Å². The Bertz CT molecular complexity index is 428. The van der Waals surface area contributed by atoms with Crippen LogP contribution in [0.4, 0.5) is 0 Å². The van der Waals surface area contributed by atoms with E-state index in [0.29, 0.717) is 0 Å². The third-order valence-corrected chi connectivity index (χ3v) is 3.86. The molecule has 1 heterocycles. The maximum atomic E-state index is 4.27. The Morgan fingerprint density at radius 3 is 2.88 bits per heavy atom. The van der Waals surface area contributed by atoms with E-state index in [9.17, 15) is 0 Å². The number of benzene rings is 1. The fourth-order valence-corrected chi connectivity index (χ4v) is 3.06. The minimum absolute atomic E-state index is 1.06. The highest BCUT2D eigenvalue weighted by molar-refractivity contribution is 9.09. The van der Waals surface area contributed by atoms with E-state index in [4.69, 9.17) is 0 Å². The molecule has 0 aliphatic heterocycles. The first kappa shape index (κ1) is 11.7. The largest absolute Gasteiger partial charge is 0.240 e. The van der Waals surface area contributed by atoms with Gasteiger partial charge in [0, 0.05) is 22.6 Å². The van der Waals surface area contributed by atoms with E-state index in [-0.39, 0.29) is 0 Å². The minimum Gasteiger partial charge on any atom is -0.240 e. The summed E-state index contributed by atoms with van der Waals surface area (Å²) in [6, 6.07) is 10.3. The van der Waals surface area contributed by atoms with Crippen molar-refractivity contribution in [3.8, 4) is 5.69 Å². The SMILES string of the molecule is BrCCCSc1ccccc1-n1cccn1. The molecule has 0 aliphatic rings. The van der Waals surface area contributed by atoms with Crippen LogP contribution in [-0.2, 0) is 0 Å². The average Bonchev–Trinajstić information content (AvgIpc) is 2.83. The van der Waals surface area contributed by atoms with Gasteiger partial charge in [0.05, 0.1) is 5.69 Å². The summed E-state index contributed by atoms with van der Waals surface area (Å²) in [5, 5.41) is 5.33. The van der Waals surface area contributed by atoms with Crippen LogP contribution in [0, 0.1) is 0 Å². The Balaban J connectivity index is 2.18.